The van der Waals surface area contributed by atoms with Gasteiger partial charge in [0, 0.05) is 10.6 Å². The zero-order valence-electron chi connectivity index (χ0n) is 18.2. The van der Waals surface area contributed by atoms with Gasteiger partial charge in [-0.15, -0.1) is 11.3 Å². The Morgan fingerprint density at radius 2 is 1.72 bits per heavy atom. The number of rotatable bonds is 5. The van der Waals surface area contributed by atoms with Gasteiger partial charge in [-0.25, -0.2) is 0 Å². The van der Waals surface area contributed by atoms with Crippen LogP contribution in [0.1, 0.15) is 27.6 Å². The highest BCUT2D eigenvalue weighted by atomic mass is 32.1. The number of amides is 1. The minimum absolute atomic E-state index is 0.0419. The van der Waals surface area contributed by atoms with Crippen LogP contribution in [0.25, 0.3) is 5.76 Å². The topological polar surface area (TPSA) is 76.1 Å². The van der Waals surface area contributed by atoms with E-state index >= 15 is 0 Å². The van der Waals surface area contributed by atoms with E-state index in [4.69, 9.17) is 9.47 Å². The molecule has 0 saturated carbocycles. The van der Waals surface area contributed by atoms with Crippen LogP contribution in [0.2, 0.25) is 0 Å². The van der Waals surface area contributed by atoms with Crippen LogP contribution in [0, 0.1) is 13.8 Å². The lowest BCUT2D eigenvalue weighted by Gasteiger charge is -2.25. The van der Waals surface area contributed by atoms with E-state index in [9.17, 15) is 14.7 Å². The molecule has 7 heteroatoms. The number of nitrogens with zero attached hydrogens (tertiary/aromatic N) is 1. The molecule has 4 rings (SSSR count). The number of Topliss-reactive ketones (excluding diaryl/α,β-unsaturated/α-hetero) is 1. The average molecular weight is 450 g/mol. The molecule has 1 atom stereocenters. The second-order valence-electron chi connectivity index (χ2n) is 7.54. The number of carbonyl (C=O) groups excluding carboxylic acids is 2. The van der Waals surface area contributed by atoms with E-state index in [1.54, 1.807) is 43.5 Å². The molecule has 1 aromatic heterocycles. The van der Waals surface area contributed by atoms with Gasteiger partial charge in [-0.3, -0.25) is 14.5 Å². The molecule has 1 saturated heterocycles. The number of methoxy groups -OCH3 is 2. The summed E-state index contributed by atoms with van der Waals surface area (Å²) in [4.78, 5) is 28.7. The molecule has 1 amide bonds. The zero-order chi connectivity index (χ0) is 23.0. The van der Waals surface area contributed by atoms with Crippen molar-refractivity contribution < 1.29 is 24.2 Å². The maximum Gasteiger partial charge on any atom is 0.300 e. The lowest BCUT2D eigenvalue weighted by Crippen LogP contribution is -2.29. The number of benzene rings is 2. The number of ether oxygens (including phenoxy) is 2. The highest BCUT2D eigenvalue weighted by molar-refractivity contribution is 7.10. The minimum atomic E-state index is -0.756. The number of thiophene rings is 1. The predicted molar refractivity (Wildman–Crippen MR) is 125 cm³/mol. The lowest BCUT2D eigenvalue weighted by molar-refractivity contribution is -0.132. The number of aryl methyl sites for hydroxylation is 2. The molecule has 0 bridgehead atoms. The lowest BCUT2D eigenvalue weighted by atomic mass is 9.97. The van der Waals surface area contributed by atoms with Crippen LogP contribution in [0.3, 0.4) is 0 Å². The first-order valence-electron chi connectivity index (χ1n) is 10.0. The van der Waals surface area contributed by atoms with Crippen molar-refractivity contribution >= 4 is 34.5 Å². The summed E-state index contributed by atoms with van der Waals surface area (Å²) < 4.78 is 10.6. The Bertz CT molecular complexity index is 1230. The summed E-state index contributed by atoms with van der Waals surface area (Å²) in [6.07, 6.45) is 0. The van der Waals surface area contributed by atoms with Crippen LogP contribution in [0.4, 0.5) is 5.69 Å². The third kappa shape index (κ3) is 3.54. The normalized spacial score (nSPS) is 17.6. The fourth-order valence-electron chi connectivity index (χ4n) is 3.91. The fraction of sp³-hybridized carbons (Fsp3) is 0.200. The second-order valence-corrected chi connectivity index (χ2v) is 8.49. The second kappa shape index (κ2) is 8.51. The van der Waals surface area contributed by atoms with E-state index < -0.39 is 17.7 Å². The van der Waals surface area contributed by atoms with Crippen molar-refractivity contribution in [1.82, 2.24) is 0 Å². The van der Waals surface area contributed by atoms with Crippen LogP contribution in [0.15, 0.2) is 59.5 Å². The number of aliphatic hydroxyl groups excluding tert-OH is 1. The first-order valence-corrected chi connectivity index (χ1v) is 10.9. The number of hydrogen-bond donors (Lipinski definition) is 1. The van der Waals surface area contributed by atoms with E-state index in [0.717, 1.165) is 16.0 Å². The van der Waals surface area contributed by atoms with Crippen molar-refractivity contribution in [1.29, 1.82) is 0 Å². The molecule has 1 N–H and O–H groups in total. The van der Waals surface area contributed by atoms with Crippen molar-refractivity contribution in [2.45, 2.75) is 19.9 Å². The van der Waals surface area contributed by atoms with E-state index in [-0.39, 0.29) is 11.3 Å². The molecule has 1 unspecified atom stereocenters. The average Bonchev–Trinajstić information content (AvgIpc) is 3.33. The quantitative estimate of drug-likeness (QED) is 0.337. The van der Waals surface area contributed by atoms with E-state index in [1.807, 2.05) is 31.4 Å². The number of hydrogen-bond acceptors (Lipinski definition) is 6. The maximum absolute atomic E-state index is 13.3. The van der Waals surface area contributed by atoms with Gasteiger partial charge in [0.25, 0.3) is 11.7 Å². The summed E-state index contributed by atoms with van der Waals surface area (Å²) in [5, 5.41) is 13.2. The molecule has 0 radical (unpaired) electrons. The van der Waals surface area contributed by atoms with Gasteiger partial charge in [-0.2, -0.15) is 0 Å². The van der Waals surface area contributed by atoms with Crippen LogP contribution in [-0.2, 0) is 9.59 Å². The summed E-state index contributed by atoms with van der Waals surface area (Å²) in [7, 11) is 3.06. The highest BCUT2D eigenvalue weighted by Gasteiger charge is 2.48. The molecule has 3 aromatic rings. The van der Waals surface area contributed by atoms with E-state index in [1.165, 1.54) is 23.3 Å². The molecule has 1 fully saturated rings. The third-order valence-corrected chi connectivity index (χ3v) is 6.63. The largest absolute Gasteiger partial charge is 0.507 e. The van der Waals surface area contributed by atoms with Crippen LogP contribution < -0.4 is 14.4 Å². The third-order valence-electron chi connectivity index (χ3n) is 5.56. The number of carbonyl (C=O) groups is 2. The van der Waals surface area contributed by atoms with Crippen molar-refractivity contribution in [2.75, 3.05) is 19.1 Å². The summed E-state index contributed by atoms with van der Waals surface area (Å²) in [5.41, 5.74) is 2.78. The predicted octanol–water partition coefficient (Wildman–Crippen LogP) is 5.01. The Morgan fingerprint density at radius 3 is 2.31 bits per heavy atom. The molecule has 0 aliphatic carbocycles. The van der Waals surface area contributed by atoms with Gasteiger partial charge in [-0.05, 0) is 67.3 Å². The molecular formula is C25H23NO5S. The molecule has 2 heterocycles. The van der Waals surface area contributed by atoms with Crippen LogP contribution >= 0.6 is 11.3 Å². The van der Waals surface area contributed by atoms with Gasteiger partial charge in [0.15, 0.2) is 0 Å². The van der Waals surface area contributed by atoms with E-state index in [0.29, 0.717) is 22.7 Å². The summed E-state index contributed by atoms with van der Waals surface area (Å²) >= 11 is 1.44. The van der Waals surface area contributed by atoms with Gasteiger partial charge in [-0.1, -0.05) is 11.6 Å². The standard InChI is InChI=1S/C25H23NO5S/c1-14-5-10-19(31-4)18(13-14)22(27)20-21(24-15(2)11-12-32-24)26(25(29)23(20)28)16-6-8-17(30-3)9-7-16/h5-13,21,27H,1-4H3/b22-20+. The SMILES string of the molecule is COc1ccc(N2C(=O)C(=O)/C(=C(/O)c3cc(C)ccc3OC)C2c2sccc2C)cc1. The number of anilines is 1. The monoisotopic (exact) mass is 449 g/mol. The Balaban J connectivity index is 1.96. The Labute approximate surface area is 190 Å². The zero-order valence-corrected chi connectivity index (χ0v) is 19.0. The van der Waals surface area contributed by atoms with Gasteiger partial charge < -0.3 is 14.6 Å². The van der Waals surface area contributed by atoms with Gasteiger partial charge in [0.2, 0.25) is 0 Å². The molecule has 2 aromatic carbocycles. The van der Waals surface area contributed by atoms with Crippen molar-refractivity contribution in [2.24, 2.45) is 0 Å². The minimum Gasteiger partial charge on any atom is -0.507 e. The molecule has 1 aliphatic heterocycles. The Morgan fingerprint density at radius 1 is 1.00 bits per heavy atom. The van der Waals surface area contributed by atoms with Crippen LogP contribution in [0.5, 0.6) is 11.5 Å². The van der Waals surface area contributed by atoms with Crippen molar-refractivity contribution in [3.63, 3.8) is 0 Å². The smallest absolute Gasteiger partial charge is 0.300 e. The van der Waals surface area contributed by atoms with E-state index in [2.05, 4.69) is 0 Å². The molecule has 164 valence electrons. The summed E-state index contributed by atoms with van der Waals surface area (Å²) in [5.74, 6) is -0.623. The summed E-state index contributed by atoms with van der Waals surface area (Å²) in [6, 6.07) is 13.4. The maximum atomic E-state index is 13.3. The Hall–Kier alpha value is -3.58. The Kier molecular flexibility index (Phi) is 5.76. The molecular weight excluding hydrogens is 426 g/mol. The van der Waals surface area contributed by atoms with Gasteiger partial charge in [0.05, 0.1) is 25.4 Å². The first kappa shape index (κ1) is 21.6. The van der Waals surface area contributed by atoms with Gasteiger partial charge >= 0.3 is 0 Å². The number of aliphatic hydroxyl groups is 1. The van der Waals surface area contributed by atoms with Gasteiger partial charge in [0.1, 0.15) is 23.3 Å². The highest BCUT2D eigenvalue weighted by Crippen LogP contribution is 2.45. The first-order chi connectivity index (χ1) is 15.4. The van der Waals surface area contributed by atoms with Crippen LogP contribution in [-0.4, -0.2) is 31.0 Å². The summed E-state index contributed by atoms with van der Waals surface area (Å²) in [6.45, 7) is 3.81. The molecule has 32 heavy (non-hydrogen) atoms. The fourth-order valence-corrected chi connectivity index (χ4v) is 4.93. The molecule has 1 aliphatic rings. The van der Waals surface area contributed by atoms with Crippen molar-refractivity contribution in [3.05, 3.63) is 81.1 Å². The van der Waals surface area contributed by atoms with Crippen molar-refractivity contribution in [3.8, 4) is 11.5 Å². The molecule has 6 nitrogen and oxygen atoms in total. The number of ketones is 1. The molecule has 0 spiro atoms.